The molecule has 0 aliphatic rings. The highest BCUT2D eigenvalue weighted by Crippen LogP contribution is 2.21. The molecule has 0 radical (unpaired) electrons. The van der Waals surface area contributed by atoms with Gasteiger partial charge in [-0.25, -0.2) is 4.98 Å². The molecule has 0 N–H and O–H groups in total. The Hall–Kier alpha value is -2.08. The molecule has 0 spiro atoms. The third-order valence-corrected chi connectivity index (χ3v) is 4.54. The Bertz CT molecular complexity index is 838. The molecule has 0 fully saturated rings. The smallest absolute Gasteiger partial charge is 0.282 e. The molecule has 114 valence electrons. The van der Waals surface area contributed by atoms with Crippen LogP contribution in [-0.2, 0) is 18.8 Å². The largest absolute Gasteiger partial charge is 0.286 e. The molecule has 1 aromatic carbocycles. The molecule has 5 nitrogen and oxygen atoms in total. The Morgan fingerprint density at radius 1 is 1.14 bits per heavy atom. The van der Waals surface area contributed by atoms with Crippen molar-refractivity contribution in [2.24, 2.45) is 0 Å². The van der Waals surface area contributed by atoms with E-state index < -0.39 is 0 Å². The van der Waals surface area contributed by atoms with Crippen LogP contribution in [0.3, 0.4) is 0 Å². The van der Waals surface area contributed by atoms with Gasteiger partial charge in [0.25, 0.3) is 5.56 Å². The van der Waals surface area contributed by atoms with E-state index in [1.165, 1.54) is 5.56 Å². The van der Waals surface area contributed by atoms with Crippen molar-refractivity contribution in [2.75, 3.05) is 0 Å². The zero-order valence-electron chi connectivity index (χ0n) is 12.7. The van der Waals surface area contributed by atoms with E-state index in [9.17, 15) is 4.79 Å². The number of hydrogen-bond acceptors (Lipinski definition) is 4. The van der Waals surface area contributed by atoms with Crippen molar-refractivity contribution in [3.8, 4) is 0 Å². The molecule has 3 rings (SSSR count). The lowest BCUT2D eigenvalue weighted by molar-refractivity contribution is 0.630. The van der Waals surface area contributed by atoms with Gasteiger partial charge in [0.15, 0.2) is 10.7 Å². The third-order valence-electron chi connectivity index (χ3n) is 3.49. The van der Waals surface area contributed by atoms with Gasteiger partial charge in [-0.3, -0.25) is 14.0 Å². The lowest BCUT2D eigenvalue weighted by Crippen LogP contribution is -2.22. The van der Waals surface area contributed by atoms with Crippen LogP contribution in [0.5, 0.6) is 0 Å². The predicted octanol–water partition coefficient (Wildman–Crippen LogP) is 2.93. The van der Waals surface area contributed by atoms with Gasteiger partial charge in [-0.1, -0.05) is 42.1 Å². The maximum atomic E-state index is 12.6. The summed E-state index contributed by atoms with van der Waals surface area (Å²) in [6, 6.07) is 10.2. The second-order valence-electron chi connectivity index (χ2n) is 4.94. The molecule has 22 heavy (non-hydrogen) atoms. The molecule has 0 aliphatic heterocycles. The highest BCUT2D eigenvalue weighted by molar-refractivity contribution is 7.98. The van der Waals surface area contributed by atoms with Crippen molar-refractivity contribution in [2.45, 2.75) is 37.8 Å². The predicted molar refractivity (Wildman–Crippen MR) is 89.1 cm³/mol. The fraction of sp³-hybridized carbons (Fsp3) is 0.312. The highest BCUT2D eigenvalue weighted by Gasteiger charge is 2.13. The van der Waals surface area contributed by atoms with Crippen LogP contribution in [0.25, 0.3) is 11.0 Å². The Balaban J connectivity index is 1.99. The van der Waals surface area contributed by atoms with Crippen molar-refractivity contribution in [1.29, 1.82) is 0 Å². The zero-order valence-corrected chi connectivity index (χ0v) is 13.5. The molecule has 0 saturated heterocycles. The summed E-state index contributed by atoms with van der Waals surface area (Å²) in [5.74, 6) is 0.792. The molecular weight excluding hydrogens is 296 g/mol. The standard InChI is InChI=1S/C16H18N4OS/c1-3-19-10-13-14(18-19)15(21)20(4-2)16(17-13)22-11-12-8-6-5-7-9-12/h5-10H,3-4,11H2,1-2H3. The molecule has 3 aromatic rings. The molecule has 2 heterocycles. The first-order valence-corrected chi connectivity index (χ1v) is 8.36. The average molecular weight is 314 g/mol. The van der Waals surface area contributed by atoms with Crippen molar-refractivity contribution >= 4 is 22.8 Å². The molecule has 0 atom stereocenters. The van der Waals surface area contributed by atoms with Gasteiger partial charge in [-0.15, -0.1) is 0 Å². The maximum absolute atomic E-state index is 12.6. The van der Waals surface area contributed by atoms with Crippen LogP contribution < -0.4 is 5.56 Å². The number of nitrogens with zero attached hydrogens (tertiary/aromatic N) is 4. The lowest BCUT2D eigenvalue weighted by atomic mass is 10.2. The molecule has 6 heteroatoms. The third kappa shape index (κ3) is 2.78. The summed E-state index contributed by atoms with van der Waals surface area (Å²) >= 11 is 1.59. The molecule has 0 aliphatic carbocycles. The first-order chi connectivity index (χ1) is 10.7. The summed E-state index contributed by atoms with van der Waals surface area (Å²) in [7, 11) is 0. The Morgan fingerprint density at radius 2 is 1.91 bits per heavy atom. The number of hydrogen-bond donors (Lipinski definition) is 0. The summed E-state index contributed by atoms with van der Waals surface area (Å²) in [5.41, 5.74) is 2.28. The van der Waals surface area contributed by atoms with E-state index in [0.717, 1.165) is 17.5 Å². The second kappa shape index (κ2) is 6.36. The highest BCUT2D eigenvalue weighted by atomic mass is 32.2. The normalized spacial score (nSPS) is 11.2. The minimum absolute atomic E-state index is 0.0599. The van der Waals surface area contributed by atoms with Gasteiger partial charge in [0.05, 0.1) is 6.20 Å². The first-order valence-electron chi connectivity index (χ1n) is 7.37. The average Bonchev–Trinajstić information content (AvgIpc) is 2.97. The Morgan fingerprint density at radius 3 is 2.59 bits per heavy atom. The fourth-order valence-electron chi connectivity index (χ4n) is 2.30. The van der Waals surface area contributed by atoms with Gasteiger partial charge < -0.3 is 0 Å². The maximum Gasteiger partial charge on any atom is 0.282 e. The molecule has 0 saturated carbocycles. The SMILES string of the molecule is CCn1cc2nc(SCc3ccccc3)n(CC)c(=O)c2n1. The van der Waals surface area contributed by atoms with Crippen LogP contribution in [0.1, 0.15) is 19.4 Å². The van der Waals surface area contributed by atoms with E-state index in [2.05, 4.69) is 22.2 Å². The number of thioether (sulfide) groups is 1. The van der Waals surface area contributed by atoms with Crippen molar-refractivity contribution < 1.29 is 0 Å². The van der Waals surface area contributed by atoms with Crippen LogP contribution in [-0.4, -0.2) is 19.3 Å². The van der Waals surface area contributed by atoms with E-state index in [1.807, 2.05) is 38.2 Å². The molecule has 2 aromatic heterocycles. The molecule has 0 bridgehead atoms. The molecular formula is C16H18N4OS. The lowest BCUT2D eigenvalue weighted by Gasteiger charge is -2.09. The summed E-state index contributed by atoms with van der Waals surface area (Å²) in [6.07, 6.45) is 1.84. The van der Waals surface area contributed by atoms with Crippen molar-refractivity contribution in [3.05, 3.63) is 52.4 Å². The van der Waals surface area contributed by atoms with Crippen LogP contribution in [0.2, 0.25) is 0 Å². The number of benzene rings is 1. The Labute approximate surface area is 133 Å². The van der Waals surface area contributed by atoms with Gasteiger partial charge in [0.1, 0.15) is 5.52 Å². The van der Waals surface area contributed by atoms with Crippen LogP contribution >= 0.6 is 11.8 Å². The monoisotopic (exact) mass is 314 g/mol. The van der Waals surface area contributed by atoms with E-state index in [-0.39, 0.29) is 5.56 Å². The van der Waals surface area contributed by atoms with Crippen LogP contribution in [0.15, 0.2) is 46.5 Å². The first kappa shape index (κ1) is 14.8. The minimum Gasteiger partial charge on any atom is -0.286 e. The molecule has 0 amide bonds. The van der Waals surface area contributed by atoms with Gasteiger partial charge in [0.2, 0.25) is 0 Å². The van der Waals surface area contributed by atoms with E-state index in [1.54, 1.807) is 21.0 Å². The number of rotatable bonds is 5. The quantitative estimate of drug-likeness (QED) is 0.537. The van der Waals surface area contributed by atoms with E-state index in [0.29, 0.717) is 17.6 Å². The van der Waals surface area contributed by atoms with E-state index >= 15 is 0 Å². The van der Waals surface area contributed by atoms with E-state index in [4.69, 9.17) is 0 Å². The zero-order chi connectivity index (χ0) is 15.5. The van der Waals surface area contributed by atoms with Gasteiger partial charge >= 0.3 is 0 Å². The van der Waals surface area contributed by atoms with Crippen molar-refractivity contribution in [3.63, 3.8) is 0 Å². The summed E-state index contributed by atoms with van der Waals surface area (Å²) in [6.45, 7) is 5.28. The number of aromatic nitrogens is 4. The molecule has 0 unspecified atom stereocenters. The van der Waals surface area contributed by atoms with Crippen molar-refractivity contribution in [1.82, 2.24) is 19.3 Å². The van der Waals surface area contributed by atoms with Gasteiger partial charge in [-0.2, -0.15) is 5.10 Å². The van der Waals surface area contributed by atoms with Gasteiger partial charge in [-0.05, 0) is 19.4 Å². The summed E-state index contributed by atoms with van der Waals surface area (Å²) in [4.78, 5) is 17.2. The van der Waals surface area contributed by atoms with Crippen LogP contribution in [0, 0.1) is 0 Å². The number of fused-ring (bicyclic) bond motifs is 1. The van der Waals surface area contributed by atoms with Crippen LogP contribution in [0.4, 0.5) is 0 Å². The second-order valence-corrected chi connectivity index (χ2v) is 5.88. The summed E-state index contributed by atoms with van der Waals surface area (Å²) in [5, 5.41) is 5.06. The minimum atomic E-state index is -0.0599. The number of aryl methyl sites for hydroxylation is 1. The Kier molecular flexibility index (Phi) is 4.29. The van der Waals surface area contributed by atoms with Gasteiger partial charge in [0, 0.05) is 18.8 Å². The fourth-order valence-corrected chi connectivity index (χ4v) is 3.32. The summed E-state index contributed by atoms with van der Waals surface area (Å²) < 4.78 is 3.45. The topological polar surface area (TPSA) is 52.7 Å².